The molecule has 0 aliphatic heterocycles. The maximum Gasteiger partial charge on any atom is 0.224 e. The summed E-state index contributed by atoms with van der Waals surface area (Å²) in [6.07, 6.45) is 3.55. The van der Waals surface area contributed by atoms with Gasteiger partial charge < -0.3 is 16.0 Å². The van der Waals surface area contributed by atoms with Gasteiger partial charge in [-0.2, -0.15) is 0 Å². The Kier molecular flexibility index (Phi) is 7.72. The fourth-order valence-electron chi connectivity index (χ4n) is 2.79. The van der Waals surface area contributed by atoms with E-state index in [-0.39, 0.29) is 17.2 Å². The average molecular weight is 455 g/mol. The number of carbonyl (C=O) groups excluding carboxylic acids is 1. The highest BCUT2D eigenvalue weighted by Crippen LogP contribution is 2.17. The lowest BCUT2D eigenvalue weighted by atomic mass is 10.1. The molecule has 0 unspecified atom stereocenters. The fraction of sp³-hybridized carbons (Fsp3) is 0.273. The van der Waals surface area contributed by atoms with E-state index in [9.17, 15) is 13.2 Å². The maximum absolute atomic E-state index is 12.2. The molecule has 0 radical (unpaired) electrons. The van der Waals surface area contributed by atoms with Crippen molar-refractivity contribution in [2.75, 3.05) is 23.7 Å². The molecule has 1 aromatic carbocycles. The minimum Gasteiger partial charge on any atom is -0.367 e. The second kappa shape index (κ2) is 10.7. The van der Waals surface area contributed by atoms with Crippen LogP contribution in [-0.2, 0) is 21.1 Å². The van der Waals surface area contributed by atoms with Crippen LogP contribution < -0.4 is 16.0 Å². The number of carbonyl (C=O) groups is 1. The summed E-state index contributed by atoms with van der Waals surface area (Å²) in [5.74, 6) is 1.07. The third-order valence-electron chi connectivity index (χ3n) is 4.61. The topological polar surface area (TPSA) is 126 Å². The smallest absolute Gasteiger partial charge is 0.224 e. The number of sulfone groups is 1. The van der Waals surface area contributed by atoms with E-state index in [0.717, 1.165) is 11.3 Å². The van der Waals surface area contributed by atoms with Gasteiger partial charge in [0, 0.05) is 31.2 Å². The molecule has 0 atom stereocenters. The lowest BCUT2D eigenvalue weighted by Crippen LogP contribution is -2.30. The van der Waals surface area contributed by atoms with Crippen molar-refractivity contribution in [3.63, 3.8) is 0 Å². The normalized spacial score (nSPS) is 11.2. The molecule has 0 aliphatic carbocycles. The molecule has 2 heterocycles. The van der Waals surface area contributed by atoms with Crippen molar-refractivity contribution in [1.82, 2.24) is 20.5 Å². The Hall–Kier alpha value is -3.53. The summed E-state index contributed by atoms with van der Waals surface area (Å²) < 4.78 is 24.3. The number of anilines is 3. The van der Waals surface area contributed by atoms with Gasteiger partial charge in [-0.05, 0) is 55.8 Å². The van der Waals surface area contributed by atoms with Crippen molar-refractivity contribution < 1.29 is 13.2 Å². The predicted molar refractivity (Wildman–Crippen MR) is 124 cm³/mol. The molecule has 3 N–H and O–H groups in total. The fourth-order valence-corrected chi connectivity index (χ4v) is 3.85. The largest absolute Gasteiger partial charge is 0.367 e. The highest BCUT2D eigenvalue weighted by molar-refractivity contribution is 7.92. The van der Waals surface area contributed by atoms with Gasteiger partial charge in [0.25, 0.3) is 0 Å². The van der Waals surface area contributed by atoms with E-state index in [1.807, 2.05) is 12.1 Å². The second-order valence-electron chi connectivity index (χ2n) is 7.36. The molecular formula is C22H26N6O3S. The number of nitrogens with zero attached hydrogens (tertiary/aromatic N) is 3. The molecule has 0 saturated carbocycles. The third-order valence-corrected chi connectivity index (χ3v) is 6.78. The first-order chi connectivity index (χ1) is 15.3. The number of hydrogen-bond acceptors (Lipinski definition) is 8. The molecule has 0 bridgehead atoms. The Balaban J connectivity index is 1.39. The molecule has 1 amide bonds. The Bertz CT molecular complexity index is 1120. The van der Waals surface area contributed by atoms with Crippen LogP contribution in [0.3, 0.4) is 0 Å². The van der Waals surface area contributed by atoms with Crippen LogP contribution in [-0.4, -0.2) is 47.8 Å². The van der Waals surface area contributed by atoms with Crippen molar-refractivity contribution in [1.29, 1.82) is 0 Å². The van der Waals surface area contributed by atoms with Gasteiger partial charge in [-0.15, -0.1) is 10.2 Å². The lowest BCUT2D eigenvalue weighted by Gasteiger charge is -2.10. The van der Waals surface area contributed by atoms with Gasteiger partial charge in [0.2, 0.25) is 5.91 Å². The molecule has 3 aromatic rings. The van der Waals surface area contributed by atoms with Crippen LogP contribution in [0.25, 0.3) is 0 Å². The molecule has 0 aliphatic rings. The minimum absolute atomic E-state index is 0.144. The lowest BCUT2D eigenvalue weighted by molar-refractivity contribution is -0.120. The van der Waals surface area contributed by atoms with Crippen molar-refractivity contribution in [2.45, 2.75) is 30.4 Å². The Labute approximate surface area is 187 Å². The van der Waals surface area contributed by atoms with E-state index in [0.29, 0.717) is 24.7 Å². The van der Waals surface area contributed by atoms with E-state index in [2.05, 4.69) is 31.1 Å². The Morgan fingerprint density at radius 1 is 0.906 bits per heavy atom. The monoisotopic (exact) mass is 454 g/mol. The molecule has 168 valence electrons. The quantitative estimate of drug-likeness (QED) is 0.399. The zero-order chi connectivity index (χ0) is 23.0. The van der Waals surface area contributed by atoms with Gasteiger partial charge in [0.05, 0.1) is 16.6 Å². The van der Waals surface area contributed by atoms with Crippen LogP contribution in [0.1, 0.15) is 19.4 Å². The van der Waals surface area contributed by atoms with Crippen LogP contribution in [0.2, 0.25) is 0 Å². The summed E-state index contributed by atoms with van der Waals surface area (Å²) in [6, 6.07) is 13.7. The van der Waals surface area contributed by atoms with E-state index < -0.39 is 15.1 Å². The molecule has 0 spiro atoms. The summed E-state index contributed by atoms with van der Waals surface area (Å²) in [5.41, 5.74) is 1.62. The predicted octanol–water partition coefficient (Wildman–Crippen LogP) is 2.57. The first kappa shape index (κ1) is 23.1. The van der Waals surface area contributed by atoms with Crippen LogP contribution >= 0.6 is 0 Å². The third kappa shape index (κ3) is 6.48. The van der Waals surface area contributed by atoms with Crippen LogP contribution in [0.4, 0.5) is 17.3 Å². The molecule has 0 fully saturated rings. The summed E-state index contributed by atoms with van der Waals surface area (Å²) in [6.45, 7) is 4.19. The van der Waals surface area contributed by atoms with E-state index in [1.165, 1.54) is 0 Å². The molecular weight excluding hydrogens is 428 g/mol. The Morgan fingerprint density at radius 3 is 2.19 bits per heavy atom. The number of pyridine rings is 1. The van der Waals surface area contributed by atoms with Crippen molar-refractivity contribution in [2.24, 2.45) is 0 Å². The SMILES string of the molecule is CC(C)S(=O)(=O)c1ccc(CC(=O)NCCNc2ccc(Nc3ccncc3)nn2)cc1. The first-order valence-electron chi connectivity index (χ1n) is 10.2. The molecule has 2 aromatic heterocycles. The number of nitrogens with one attached hydrogen (secondary N) is 3. The zero-order valence-corrected chi connectivity index (χ0v) is 18.8. The highest BCUT2D eigenvalue weighted by Gasteiger charge is 2.18. The van der Waals surface area contributed by atoms with E-state index in [4.69, 9.17) is 0 Å². The molecule has 9 nitrogen and oxygen atoms in total. The van der Waals surface area contributed by atoms with Gasteiger partial charge in [-0.3, -0.25) is 9.78 Å². The van der Waals surface area contributed by atoms with E-state index >= 15 is 0 Å². The first-order valence-corrected chi connectivity index (χ1v) is 11.7. The standard InChI is InChI=1S/C22H26N6O3S/c1-16(2)32(30,31)19-5-3-17(4-6-19)15-22(29)25-14-13-24-20-7-8-21(28-27-20)26-18-9-11-23-12-10-18/h3-12,16H,13-15H2,1-2H3,(H,24,27)(H,25,29)(H,23,26,28). The summed E-state index contributed by atoms with van der Waals surface area (Å²) in [4.78, 5) is 16.4. The number of benzene rings is 1. The van der Waals surface area contributed by atoms with Crippen LogP contribution in [0.15, 0.2) is 65.8 Å². The summed E-state index contributed by atoms with van der Waals surface area (Å²) in [5, 5.41) is 16.8. The average Bonchev–Trinajstić information content (AvgIpc) is 2.79. The van der Waals surface area contributed by atoms with Gasteiger partial charge in [0.15, 0.2) is 15.7 Å². The number of amides is 1. The van der Waals surface area contributed by atoms with Crippen molar-refractivity contribution in [3.8, 4) is 0 Å². The molecule has 10 heteroatoms. The minimum atomic E-state index is -3.31. The van der Waals surface area contributed by atoms with Crippen molar-refractivity contribution in [3.05, 3.63) is 66.5 Å². The molecule has 3 rings (SSSR count). The van der Waals surface area contributed by atoms with E-state index in [1.54, 1.807) is 62.6 Å². The molecule has 32 heavy (non-hydrogen) atoms. The van der Waals surface area contributed by atoms with Crippen LogP contribution in [0.5, 0.6) is 0 Å². The summed E-state index contributed by atoms with van der Waals surface area (Å²) >= 11 is 0. The van der Waals surface area contributed by atoms with Gasteiger partial charge in [-0.25, -0.2) is 8.42 Å². The van der Waals surface area contributed by atoms with Crippen LogP contribution in [0, 0.1) is 0 Å². The van der Waals surface area contributed by atoms with Gasteiger partial charge in [-0.1, -0.05) is 12.1 Å². The highest BCUT2D eigenvalue weighted by atomic mass is 32.2. The maximum atomic E-state index is 12.2. The number of aromatic nitrogens is 3. The van der Waals surface area contributed by atoms with Gasteiger partial charge in [0.1, 0.15) is 5.82 Å². The molecule has 0 saturated heterocycles. The Morgan fingerprint density at radius 2 is 1.56 bits per heavy atom. The van der Waals surface area contributed by atoms with Crippen molar-refractivity contribution >= 4 is 33.1 Å². The number of hydrogen-bond donors (Lipinski definition) is 3. The zero-order valence-electron chi connectivity index (χ0n) is 17.9. The summed E-state index contributed by atoms with van der Waals surface area (Å²) in [7, 11) is -3.31. The van der Waals surface area contributed by atoms with Gasteiger partial charge >= 0.3 is 0 Å². The number of rotatable bonds is 10. The second-order valence-corrected chi connectivity index (χ2v) is 9.86.